The Hall–Kier alpha value is -3.08. The van der Waals surface area contributed by atoms with Crippen molar-refractivity contribution in [1.82, 2.24) is 14.8 Å². The Morgan fingerprint density at radius 3 is 2.50 bits per heavy atom. The third-order valence-electron chi connectivity index (χ3n) is 7.68. The van der Waals surface area contributed by atoms with E-state index in [1.165, 1.54) is 11.1 Å². The first kappa shape index (κ1) is 20.8. The highest BCUT2D eigenvalue weighted by Crippen LogP contribution is 2.48. The van der Waals surface area contributed by atoms with Crippen molar-refractivity contribution in [3.8, 4) is 0 Å². The fourth-order valence-electron chi connectivity index (χ4n) is 5.49. The van der Waals surface area contributed by atoms with Crippen LogP contribution in [-0.2, 0) is 21.5 Å². The lowest BCUT2D eigenvalue weighted by Gasteiger charge is -2.52. The van der Waals surface area contributed by atoms with E-state index in [9.17, 15) is 9.59 Å². The molecule has 2 amide bonds. The van der Waals surface area contributed by atoms with Gasteiger partial charge in [0.1, 0.15) is 6.54 Å². The zero-order chi connectivity index (χ0) is 22.6. The van der Waals surface area contributed by atoms with Crippen LogP contribution in [0.1, 0.15) is 62.4 Å². The third-order valence-corrected chi connectivity index (χ3v) is 7.68. The predicted octanol–water partition coefficient (Wildman–Crippen LogP) is 4.56. The quantitative estimate of drug-likeness (QED) is 0.661. The number of benzene rings is 2. The lowest BCUT2D eigenvalue weighted by molar-refractivity contribution is -0.168. The maximum absolute atomic E-state index is 13.9. The molecule has 1 aromatic heterocycles. The summed E-state index contributed by atoms with van der Waals surface area (Å²) in [6.07, 6.45) is 1.81. The van der Waals surface area contributed by atoms with E-state index in [4.69, 9.17) is 0 Å². The summed E-state index contributed by atoms with van der Waals surface area (Å²) in [6.45, 7) is 8.82. The summed E-state index contributed by atoms with van der Waals surface area (Å²) < 4.78 is 0. The lowest BCUT2D eigenvalue weighted by atomic mass is 9.76. The Kier molecular flexibility index (Phi) is 4.88. The second-order valence-corrected chi connectivity index (χ2v) is 9.37. The molecule has 0 aliphatic carbocycles. The summed E-state index contributed by atoms with van der Waals surface area (Å²) in [6, 6.07) is 17.0. The highest BCUT2D eigenvalue weighted by atomic mass is 16.2. The number of hydrogen-bond acceptors (Lipinski definition) is 2. The van der Waals surface area contributed by atoms with E-state index in [1.807, 2.05) is 30.9 Å². The molecule has 1 N–H and O–H groups in total. The standard InChI is InChI=1S/C27H31N3O2/c1-5-17(3)29-16-23(31)30-15-21(19-13-11-18(6-2)12-14-19)24-20-9-7-8-10-22(20)28-25(24)27(30,4)26(29)32/h7-14,17,21,28H,5-6,15-16H2,1-4H3/t17?,21?,27-/m0/s1. The number of aromatic amines is 1. The molecule has 166 valence electrons. The molecule has 2 aromatic carbocycles. The van der Waals surface area contributed by atoms with Crippen LogP contribution in [0.5, 0.6) is 0 Å². The van der Waals surface area contributed by atoms with Crippen LogP contribution in [0.25, 0.3) is 10.9 Å². The number of aryl methyl sites for hydroxylation is 1. The number of piperazine rings is 1. The van der Waals surface area contributed by atoms with Crippen molar-refractivity contribution >= 4 is 22.7 Å². The molecule has 0 radical (unpaired) electrons. The van der Waals surface area contributed by atoms with Gasteiger partial charge in [0.15, 0.2) is 5.54 Å². The molecule has 0 spiro atoms. The van der Waals surface area contributed by atoms with E-state index in [0.717, 1.165) is 35.0 Å². The van der Waals surface area contributed by atoms with E-state index in [-0.39, 0.29) is 30.3 Å². The largest absolute Gasteiger partial charge is 0.356 e. The number of fused-ring (bicyclic) bond motifs is 5. The van der Waals surface area contributed by atoms with Crippen molar-refractivity contribution in [2.24, 2.45) is 0 Å². The Morgan fingerprint density at radius 1 is 1.09 bits per heavy atom. The van der Waals surface area contributed by atoms with E-state index in [2.05, 4.69) is 55.2 Å². The lowest BCUT2D eigenvalue weighted by Crippen LogP contribution is -2.68. The van der Waals surface area contributed by atoms with Crippen molar-refractivity contribution in [2.75, 3.05) is 13.1 Å². The van der Waals surface area contributed by atoms with E-state index < -0.39 is 5.54 Å². The van der Waals surface area contributed by atoms with E-state index in [1.54, 1.807) is 4.90 Å². The molecule has 3 atom stereocenters. The molecule has 32 heavy (non-hydrogen) atoms. The number of nitrogens with zero attached hydrogens (tertiary/aromatic N) is 2. The summed E-state index contributed by atoms with van der Waals surface area (Å²) >= 11 is 0. The van der Waals surface area contributed by atoms with Crippen LogP contribution >= 0.6 is 0 Å². The highest BCUT2D eigenvalue weighted by molar-refractivity contribution is 6.01. The van der Waals surface area contributed by atoms with Gasteiger partial charge < -0.3 is 14.8 Å². The summed E-state index contributed by atoms with van der Waals surface area (Å²) in [7, 11) is 0. The number of para-hydroxylation sites is 1. The number of carbonyl (C=O) groups is 2. The van der Waals surface area contributed by atoms with Crippen LogP contribution in [-0.4, -0.2) is 45.7 Å². The number of carbonyl (C=O) groups excluding carboxylic acids is 2. The molecule has 5 nitrogen and oxygen atoms in total. The molecular formula is C27H31N3O2. The zero-order valence-electron chi connectivity index (χ0n) is 19.3. The second kappa shape index (κ2) is 7.51. The minimum absolute atomic E-state index is 0.0130. The molecule has 2 aliphatic rings. The molecule has 1 fully saturated rings. The van der Waals surface area contributed by atoms with Crippen LogP contribution in [0.4, 0.5) is 0 Å². The SMILES string of the molecule is CCc1ccc(C2CN3C(=O)CN(C(C)CC)C(=O)[C@]3(C)c3[nH]c4ccccc4c32)cc1. The fraction of sp³-hybridized carbons (Fsp3) is 0.407. The first-order valence-electron chi connectivity index (χ1n) is 11.7. The van der Waals surface area contributed by atoms with Gasteiger partial charge in [-0.25, -0.2) is 0 Å². The topological polar surface area (TPSA) is 56.4 Å². The second-order valence-electron chi connectivity index (χ2n) is 9.37. The normalized spacial score (nSPS) is 23.9. The number of nitrogens with one attached hydrogen (secondary N) is 1. The molecule has 5 rings (SSSR count). The van der Waals surface area contributed by atoms with Crippen molar-refractivity contribution in [3.05, 3.63) is 70.9 Å². The highest BCUT2D eigenvalue weighted by Gasteiger charge is 2.56. The van der Waals surface area contributed by atoms with Crippen molar-refractivity contribution < 1.29 is 9.59 Å². The van der Waals surface area contributed by atoms with Crippen LogP contribution in [0.2, 0.25) is 0 Å². The van der Waals surface area contributed by atoms with Gasteiger partial charge >= 0.3 is 0 Å². The summed E-state index contributed by atoms with van der Waals surface area (Å²) in [5.41, 5.74) is 4.47. The number of aromatic nitrogens is 1. The van der Waals surface area contributed by atoms with Gasteiger partial charge in [-0.05, 0) is 49.4 Å². The zero-order valence-corrected chi connectivity index (χ0v) is 19.3. The Bertz CT molecular complexity index is 1200. The number of hydrogen-bond donors (Lipinski definition) is 1. The monoisotopic (exact) mass is 429 g/mol. The van der Waals surface area contributed by atoms with E-state index in [0.29, 0.717) is 6.54 Å². The van der Waals surface area contributed by atoms with Crippen LogP contribution in [0, 0.1) is 0 Å². The van der Waals surface area contributed by atoms with Gasteiger partial charge in [-0.15, -0.1) is 0 Å². The summed E-state index contributed by atoms with van der Waals surface area (Å²) in [5, 5.41) is 1.13. The summed E-state index contributed by atoms with van der Waals surface area (Å²) in [5.74, 6) is 0.0537. The predicted molar refractivity (Wildman–Crippen MR) is 126 cm³/mol. The van der Waals surface area contributed by atoms with Gasteiger partial charge in [-0.2, -0.15) is 0 Å². The Labute approximate surface area is 189 Å². The van der Waals surface area contributed by atoms with Crippen molar-refractivity contribution in [2.45, 2.75) is 58.0 Å². The van der Waals surface area contributed by atoms with Gasteiger partial charge in [0.25, 0.3) is 5.91 Å². The Balaban J connectivity index is 1.73. The van der Waals surface area contributed by atoms with Crippen LogP contribution in [0.15, 0.2) is 48.5 Å². The van der Waals surface area contributed by atoms with Crippen LogP contribution in [0.3, 0.4) is 0 Å². The smallest absolute Gasteiger partial charge is 0.255 e. The van der Waals surface area contributed by atoms with Crippen molar-refractivity contribution in [3.63, 3.8) is 0 Å². The molecule has 5 heteroatoms. The molecule has 2 unspecified atom stereocenters. The average Bonchev–Trinajstić information content (AvgIpc) is 3.22. The molecule has 1 saturated heterocycles. The molecule has 0 saturated carbocycles. The molecule has 3 aromatic rings. The van der Waals surface area contributed by atoms with Gasteiger partial charge in [0, 0.05) is 29.4 Å². The van der Waals surface area contributed by atoms with Crippen molar-refractivity contribution in [1.29, 1.82) is 0 Å². The molecule has 3 heterocycles. The number of H-pyrrole nitrogens is 1. The first-order valence-corrected chi connectivity index (χ1v) is 11.7. The molecule has 0 bridgehead atoms. The van der Waals surface area contributed by atoms with Crippen LogP contribution < -0.4 is 0 Å². The fourth-order valence-corrected chi connectivity index (χ4v) is 5.49. The van der Waals surface area contributed by atoms with E-state index >= 15 is 0 Å². The minimum atomic E-state index is -1.02. The number of rotatable bonds is 4. The molecule has 2 aliphatic heterocycles. The van der Waals surface area contributed by atoms with Gasteiger partial charge in [-0.1, -0.05) is 56.3 Å². The van der Waals surface area contributed by atoms with Gasteiger partial charge in [-0.3, -0.25) is 9.59 Å². The third kappa shape index (κ3) is 2.83. The summed E-state index contributed by atoms with van der Waals surface area (Å²) in [4.78, 5) is 34.5. The Morgan fingerprint density at radius 2 is 1.81 bits per heavy atom. The minimum Gasteiger partial charge on any atom is -0.356 e. The average molecular weight is 430 g/mol. The maximum atomic E-state index is 13.9. The molecular weight excluding hydrogens is 398 g/mol. The number of amides is 2. The van der Waals surface area contributed by atoms with Gasteiger partial charge in [0.05, 0.1) is 5.69 Å². The first-order chi connectivity index (χ1) is 15.4. The maximum Gasteiger partial charge on any atom is 0.255 e. The van der Waals surface area contributed by atoms with Gasteiger partial charge in [0.2, 0.25) is 5.91 Å².